The average molecular weight is 621 g/mol. The lowest BCUT2D eigenvalue weighted by Crippen LogP contribution is -2.29. The molecule has 0 spiro atoms. The van der Waals surface area contributed by atoms with E-state index >= 15 is 0 Å². The van der Waals surface area contributed by atoms with Crippen LogP contribution in [-0.2, 0) is 23.7 Å². The first kappa shape index (κ1) is 41.8. The lowest BCUT2D eigenvalue weighted by molar-refractivity contribution is -0.121. The molecule has 1 aromatic carbocycles. The maximum Gasteiger partial charge on any atom is 0.251 e. The van der Waals surface area contributed by atoms with Gasteiger partial charge in [-0.2, -0.15) is 0 Å². The van der Waals surface area contributed by atoms with E-state index in [9.17, 15) is 9.59 Å². The molecule has 1 unspecified atom stereocenters. The number of ether oxygens (including phenoxy) is 5. The molecule has 11 nitrogen and oxygen atoms in total. The van der Waals surface area contributed by atoms with Crippen LogP contribution in [0.3, 0.4) is 0 Å². The second-order valence-electron chi connectivity index (χ2n) is 8.63. The number of nitrogens with two attached hydrogens (primary N) is 1. The third-order valence-corrected chi connectivity index (χ3v) is 5.70. The standard InChI is InChI=1S/C28H45N3O7S.C2H6.H3N.3H2/c1-23(2)7-5-14-34-16-13-30-26(32)10-6-15-35-17-18-36-19-20-37-27(39-3)22-38-25-9-4-8-24(21-25)28(33)31-12-11-29;1-2;;;;/h4,8-9,21,23,27H,6,10-20,22,29H2,1-3H3,(H,30,32)(H,31,33);1-2H3;1H3;3*1H. The highest BCUT2D eigenvalue weighted by Crippen LogP contribution is 2.16. The second kappa shape index (κ2) is 30.1. The predicted octanol–water partition coefficient (Wildman–Crippen LogP) is 3.99. The molecule has 2 amide bonds. The van der Waals surface area contributed by atoms with Gasteiger partial charge < -0.3 is 46.2 Å². The number of benzene rings is 1. The Morgan fingerprint density at radius 1 is 1.00 bits per heavy atom. The van der Waals surface area contributed by atoms with Gasteiger partial charge in [0, 0.05) is 48.4 Å². The van der Waals surface area contributed by atoms with E-state index in [4.69, 9.17) is 29.4 Å². The molecule has 0 saturated heterocycles. The molecule has 0 aliphatic heterocycles. The third-order valence-electron chi connectivity index (χ3n) is 4.90. The molecule has 1 rings (SSSR count). The topological polar surface area (TPSA) is 165 Å². The second-order valence-corrected chi connectivity index (χ2v) is 9.62. The van der Waals surface area contributed by atoms with Gasteiger partial charge in [-0.1, -0.05) is 45.6 Å². The SMILES string of the molecule is CC.CSC(COc1cccc(C(=O)NCCN)c1)OCCOCCOCCCC(=O)NCCOCC#CC(C)C.N.[HH].[HH].[HH]. The van der Waals surface area contributed by atoms with E-state index in [1.54, 1.807) is 24.3 Å². The summed E-state index contributed by atoms with van der Waals surface area (Å²) in [5.74, 6) is 6.68. The number of amides is 2. The van der Waals surface area contributed by atoms with Gasteiger partial charge in [0.1, 0.15) is 24.4 Å². The zero-order valence-corrected chi connectivity index (χ0v) is 27.0. The van der Waals surface area contributed by atoms with Gasteiger partial charge in [0.15, 0.2) is 0 Å². The Bertz CT molecular complexity index is 881. The van der Waals surface area contributed by atoms with Crippen molar-refractivity contribution < 1.29 is 37.6 Å². The fourth-order valence-corrected chi connectivity index (χ4v) is 3.42. The minimum Gasteiger partial charge on any atom is -0.490 e. The molecule has 0 heterocycles. The van der Waals surface area contributed by atoms with Crippen LogP contribution in [0.1, 0.15) is 55.2 Å². The molecule has 42 heavy (non-hydrogen) atoms. The van der Waals surface area contributed by atoms with Gasteiger partial charge in [0.25, 0.3) is 5.91 Å². The summed E-state index contributed by atoms with van der Waals surface area (Å²) in [6, 6.07) is 6.99. The Hall–Kier alpha value is -2.37. The molecule has 0 aliphatic rings. The van der Waals surface area contributed by atoms with Gasteiger partial charge in [-0.05, 0) is 30.9 Å². The van der Waals surface area contributed by atoms with Crippen LogP contribution in [0.2, 0.25) is 0 Å². The first-order valence-electron chi connectivity index (χ1n) is 14.3. The van der Waals surface area contributed by atoms with Crippen molar-refractivity contribution in [2.24, 2.45) is 11.7 Å². The summed E-state index contributed by atoms with van der Waals surface area (Å²) >= 11 is 1.53. The molecular weight excluding hydrogens is 560 g/mol. The Labute approximate surface area is 261 Å². The molecular formula is C30H60N4O7S. The fourth-order valence-electron chi connectivity index (χ4n) is 2.98. The number of hydrogen-bond donors (Lipinski definition) is 4. The Balaban J connectivity index is -0.000000870. The van der Waals surface area contributed by atoms with Gasteiger partial charge in [0.2, 0.25) is 5.91 Å². The van der Waals surface area contributed by atoms with Crippen LogP contribution in [0, 0.1) is 17.8 Å². The van der Waals surface area contributed by atoms with E-state index in [1.165, 1.54) is 11.8 Å². The van der Waals surface area contributed by atoms with E-state index in [-0.39, 0.29) is 27.7 Å². The van der Waals surface area contributed by atoms with E-state index in [0.717, 1.165) is 0 Å². The molecule has 0 bridgehead atoms. The number of nitrogens with one attached hydrogen (secondary N) is 2. The van der Waals surface area contributed by atoms with E-state index in [0.29, 0.717) is 103 Å². The van der Waals surface area contributed by atoms with Crippen LogP contribution in [0.4, 0.5) is 0 Å². The lowest BCUT2D eigenvalue weighted by atomic mass is 10.2. The van der Waals surface area contributed by atoms with Crippen molar-refractivity contribution in [3.05, 3.63) is 29.8 Å². The number of hydrogen-bond acceptors (Lipinski definition) is 10. The number of carbonyl (C=O) groups is 2. The van der Waals surface area contributed by atoms with E-state index < -0.39 is 0 Å². The molecule has 0 fully saturated rings. The van der Waals surface area contributed by atoms with Crippen LogP contribution < -0.4 is 27.3 Å². The highest BCUT2D eigenvalue weighted by Gasteiger charge is 2.10. The Morgan fingerprint density at radius 2 is 1.71 bits per heavy atom. The summed E-state index contributed by atoms with van der Waals surface area (Å²) in [5, 5.41) is 5.55. The van der Waals surface area contributed by atoms with Crippen LogP contribution in [0.25, 0.3) is 0 Å². The molecule has 0 saturated carbocycles. The molecule has 0 radical (unpaired) electrons. The summed E-state index contributed by atoms with van der Waals surface area (Å²) in [6.07, 6.45) is 3.00. The van der Waals surface area contributed by atoms with Gasteiger partial charge in [-0.15, -0.1) is 11.8 Å². The monoisotopic (exact) mass is 620 g/mol. The minimum atomic E-state index is -0.185. The number of rotatable bonds is 22. The van der Waals surface area contributed by atoms with Crippen molar-refractivity contribution in [1.29, 1.82) is 0 Å². The molecule has 0 aromatic heterocycles. The maximum absolute atomic E-state index is 12.1. The summed E-state index contributed by atoms with van der Waals surface area (Å²) in [6.45, 7) is 12.8. The summed E-state index contributed by atoms with van der Waals surface area (Å²) in [5.41, 5.74) is 5.77. The van der Waals surface area contributed by atoms with Crippen molar-refractivity contribution in [2.45, 2.75) is 46.0 Å². The van der Waals surface area contributed by atoms with Gasteiger partial charge in [-0.25, -0.2) is 0 Å². The molecule has 7 N–H and O–H groups in total. The zero-order valence-electron chi connectivity index (χ0n) is 26.2. The summed E-state index contributed by atoms with van der Waals surface area (Å²) < 4.78 is 28.0. The van der Waals surface area contributed by atoms with Gasteiger partial charge in [0.05, 0.1) is 33.0 Å². The fraction of sp³-hybridized carbons (Fsp3) is 0.667. The summed E-state index contributed by atoms with van der Waals surface area (Å²) in [7, 11) is 0. The van der Waals surface area contributed by atoms with Crippen molar-refractivity contribution in [3.63, 3.8) is 0 Å². The largest absolute Gasteiger partial charge is 0.490 e. The molecule has 248 valence electrons. The minimum absolute atomic E-state index is 0. The van der Waals surface area contributed by atoms with Crippen LogP contribution >= 0.6 is 11.8 Å². The van der Waals surface area contributed by atoms with Crippen LogP contribution in [0.15, 0.2) is 24.3 Å². The zero-order chi connectivity index (χ0) is 30.6. The average Bonchev–Trinajstić information content (AvgIpc) is 2.98. The van der Waals surface area contributed by atoms with Crippen LogP contribution in [-0.4, -0.2) is 96.0 Å². The quantitative estimate of drug-likeness (QED) is 0.0846. The molecule has 0 aliphatic carbocycles. The Morgan fingerprint density at radius 3 is 2.40 bits per heavy atom. The summed E-state index contributed by atoms with van der Waals surface area (Å²) in [4.78, 5) is 23.9. The van der Waals surface area contributed by atoms with Crippen molar-refractivity contribution in [2.75, 3.05) is 78.7 Å². The molecule has 1 aromatic rings. The first-order valence-corrected chi connectivity index (χ1v) is 15.6. The normalized spacial score (nSPS) is 10.8. The molecule has 12 heteroatoms. The van der Waals surface area contributed by atoms with Gasteiger partial charge >= 0.3 is 0 Å². The molecule has 1 atom stereocenters. The van der Waals surface area contributed by atoms with Gasteiger partial charge in [-0.3, -0.25) is 9.59 Å². The van der Waals surface area contributed by atoms with Crippen LogP contribution in [0.5, 0.6) is 5.75 Å². The van der Waals surface area contributed by atoms with Crippen molar-refractivity contribution in [1.82, 2.24) is 16.8 Å². The highest BCUT2D eigenvalue weighted by atomic mass is 32.2. The maximum atomic E-state index is 12.1. The smallest absolute Gasteiger partial charge is 0.251 e. The predicted molar refractivity (Wildman–Crippen MR) is 177 cm³/mol. The first-order chi connectivity index (χ1) is 20.0. The van der Waals surface area contributed by atoms with Crippen molar-refractivity contribution in [3.8, 4) is 17.6 Å². The van der Waals surface area contributed by atoms with Crippen molar-refractivity contribution >= 4 is 23.6 Å². The third kappa shape index (κ3) is 24.2. The van der Waals surface area contributed by atoms with E-state index in [1.807, 2.05) is 34.0 Å². The number of carbonyl (C=O) groups excluding carboxylic acids is 2. The lowest BCUT2D eigenvalue weighted by Gasteiger charge is -2.17. The number of thioether (sulfide) groups is 1. The highest BCUT2D eigenvalue weighted by molar-refractivity contribution is 7.99. The Kier molecular flexibility index (Phi) is 29.9. The van der Waals surface area contributed by atoms with E-state index in [2.05, 4.69) is 22.5 Å².